The Bertz CT molecular complexity index is 341. The maximum absolute atomic E-state index is 12.0. The van der Waals surface area contributed by atoms with Gasteiger partial charge >= 0.3 is 5.97 Å². The van der Waals surface area contributed by atoms with Crippen molar-refractivity contribution in [3.8, 4) is 0 Å². The van der Waals surface area contributed by atoms with Crippen molar-refractivity contribution in [1.82, 2.24) is 0 Å². The van der Waals surface area contributed by atoms with Crippen LogP contribution >= 0.6 is 0 Å². The molecule has 3 heteroatoms. The van der Waals surface area contributed by atoms with Crippen LogP contribution in [0.2, 0.25) is 0 Å². The Labute approximate surface area is 96.2 Å². The molecule has 0 amide bonds. The second kappa shape index (κ2) is 5.10. The highest BCUT2D eigenvalue weighted by atomic mass is 16.5. The third-order valence-corrected chi connectivity index (χ3v) is 2.95. The van der Waals surface area contributed by atoms with Crippen molar-refractivity contribution in [1.29, 1.82) is 0 Å². The zero-order valence-electron chi connectivity index (χ0n) is 9.91. The summed E-state index contributed by atoms with van der Waals surface area (Å²) in [6.45, 7) is 7.56. The van der Waals surface area contributed by atoms with Crippen LogP contribution in [-0.4, -0.2) is 18.4 Å². The summed E-state index contributed by atoms with van der Waals surface area (Å²) in [6.07, 6.45) is 4.82. The number of rotatable bonds is 4. The van der Waals surface area contributed by atoms with Gasteiger partial charge in [-0.15, -0.1) is 6.58 Å². The van der Waals surface area contributed by atoms with Gasteiger partial charge in [0.15, 0.2) is 5.78 Å². The van der Waals surface area contributed by atoms with Crippen molar-refractivity contribution < 1.29 is 14.3 Å². The Morgan fingerprint density at radius 1 is 1.69 bits per heavy atom. The molecule has 0 bridgehead atoms. The molecule has 1 aliphatic carbocycles. The van der Waals surface area contributed by atoms with Crippen LogP contribution < -0.4 is 0 Å². The van der Waals surface area contributed by atoms with Gasteiger partial charge in [0.25, 0.3) is 0 Å². The fourth-order valence-corrected chi connectivity index (χ4v) is 1.97. The Morgan fingerprint density at radius 2 is 2.38 bits per heavy atom. The molecule has 0 spiro atoms. The molecule has 1 aliphatic rings. The molecule has 0 aromatic carbocycles. The number of carbonyl (C=O) groups excluding carboxylic acids is 2. The molecule has 88 valence electrons. The number of hydrogen-bond donors (Lipinski definition) is 0. The zero-order chi connectivity index (χ0) is 12.2. The second-order valence-corrected chi connectivity index (χ2v) is 4.15. The first-order valence-electron chi connectivity index (χ1n) is 5.56. The van der Waals surface area contributed by atoms with Gasteiger partial charge in [0.1, 0.15) is 5.41 Å². The van der Waals surface area contributed by atoms with Crippen LogP contribution in [0.5, 0.6) is 0 Å². The summed E-state index contributed by atoms with van der Waals surface area (Å²) in [7, 11) is 0. The third-order valence-electron chi connectivity index (χ3n) is 2.95. The Balaban J connectivity index is 3.02. The molecule has 0 aromatic heterocycles. The molecule has 3 nitrogen and oxygen atoms in total. The first-order chi connectivity index (χ1) is 7.56. The van der Waals surface area contributed by atoms with E-state index >= 15 is 0 Å². The molecule has 0 saturated carbocycles. The van der Waals surface area contributed by atoms with Crippen LogP contribution in [-0.2, 0) is 14.3 Å². The second-order valence-electron chi connectivity index (χ2n) is 4.15. The van der Waals surface area contributed by atoms with Gasteiger partial charge in [0, 0.05) is 0 Å². The minimum absolute atomic E-state index is 0.144. The lowest BCUT2D eigenvalue weighted by atomic mass is 9.72. The fraction of sp³-hybridized carbons (Fsp3) is 0.538. The Kier molecular flexibility index (Phi) is 4.05. The molecule has 1 unspecified atom stereocenters. The normalized spacial score (nSPS) is 24.9. The van der Waals surface area contributed by atoms with Crippen molar-refractivity contribution in [2.45, 2.75) is 33.1 Å². The predicted molar refractivity (Wildman–Crippen MR) is 61.9 cm³/mol. The summed E-state index contributed by atoms with van der Waals surface area (Å²) in [4.78, 5) is 23.9. The summed E-state index contributed by atoms with van der Waals surface area (Å²) in [6, 6.07) is 0. The largest absolute Gasteiger partial charge is 0.465 e. The lowest BCUT2D eigenvalue weighted by Crippen LogP contribution is -2.41. The van der Waals surface area contributed by atoms with Crippen molar-refractivity contribution in [3.05, 3.63) is 24.3 Å². The van der Waals surface area contributed by atoms with Gasteiger partial charge in [-0.3, -0.25) is 9.59 Å². The SMILES string of the molecule is C=CCC1(C(=O)OCC)CCC(C)=CC1=O. The summed E-state index contributed by atoms with van der Waals surface area (Å²) >= 11 is 0. The van der Waals surface area contributed by atoms with Crippen molar-refractivity contribution >= 4 is 11.8 Å². The molecular weight excluding hydrogens is 204 g/mol. The van der Waals surface area contributed by atoms with E-state index in [0.717, 1.165) is 12.0 Å². The van der Waals surface area contributed by atoms with Gasteiger partial charge in [-0.25, -0.2) is 0 Å². The summed E-state index contributed by atoms with van der Waals surface area (Å²) in [5.74, 6) is -0.557. The van der Waals surface area contributed by atoms with E-state index in [9.17, 15) is 9.59 Å². The molecule has 0 aliphatic heterocycles. The van der Waals surface area contributed by atoms with E-state index < -0.39 is 11.4 Å². The van der Waals surface area contributed by atoms with E-state index in [1.807, 2.05) is 6.92 Å². The highest BCUT2D eigenvalue weighted by molar-refractivity contribution is 6.10. The highest BCUT2D eigenvalue weighted by Gasteiger charge is 2.46. The number of ketones is 1. The number of esters is 1. The van der Waals surface area contributed by atoms with Crippen LogP contribution in [0.3, 0.4) is 0 Å². The van der Waals surface area contributed by atoms with Gasteiger partial charge < -0.3 is 4.74 Å². The molecular formula is C13H18O3. The summed E-state index contributed by atoms with van der Waals surface area (Å²) < 4.78 is 5.01. The van der Waals surface area contributed by atoms with Crippen molar-refractivity contribution in [3.63, 3.8) is 0 Å². The quantitative estimate of drug-likeness (QED) is 0.417. The summed E-state index contributed by atoms with van der Waals surface area (Å²) in [5.41, 5.74) is 0.00561. The average molecular weight is 222 g/mol. The molecule has 0 N–H and O–H groups in total. The molecule has 0 radical (unpaired) electrons. The van der Waals surface area contributed by atoms with Gasteiger partial charge in [-0.1, -0.05) is 11.6 Å². The summed E-state index contributed by atoms with van der Waals surface area (Å²) in [5, 5.41) is 0. The minimum Gasteiger partial charge on any atom is -0.465 e. The smallest absolute Gasteiger partial charge is 0.320 e. The molecule has 16 heavy (non-hydrogen) atoms. The van der Waals surface area contributed by atoms with E-state index in [-0.39, 0.29) is 5.78 Å². The predicted octanol–water partition coefficient (Wildman–Crippen LogP) is 2.42. The molecule has 1 rings (SSSR count). The number of hydrogen-bond acceptors (Lipinski definition) is 3. The van der Waals surface area contributed by atoms with E-state index in [2.05, 4.69) is 6.58 Å². The zero-order valence-corrected chi connectivity index (χ0v) is 9.91. The van der Waals surface area contributed by atoms with Gasteiger partial charge in [-0.2, -0.15) is 0 Å². The first kappa shape index (κ1) is 12.7. The minimum atomic E-state index is -1.02. The number of ether oxygens (including phenoxy) is 1. The standard InChI is InChI=1S/C13H18O3/c1-4-7-13(12(15)16-5-2)8-6-10(3)9-11(13)14/h4,9H,1,5-8H2,2-3H3. The van der Waals surface area contributed by atoms with Crippen LogP contribution in [0.25, 0.3) is 0 Å². The lowest BCUT2D eigenvalue weighted by Gasteiger charge is -2.31. The average Bonchev–Trinajstić information content (AvgIpc) is 2.23. The van der Waals surface area contributed by atoms with E-state index in [1.165, 1.54) is 0 Å². The van der Waals surface area contributed by atoms with E-state index in [1.54, 1.807) is 19.1 Å². The van der Waals surface area contributed by atoms with Crippen LogP contribution in [0.15, 0.2) is 24.3 Å². The van der Waals surface area contributed by atoms with E-state index in [0.29, 0.717) is 19.4 Å². The van der Waals surface area contributed by atoms with Crippen LogP contribution in [0, 0.1) is 5.41 Å². The molecule has 0 aromatic rings. The van der Waals surface area contributed by atoms with Crippen LogP contribution in [0.4, 0.5) is 0 Å². The number of allylic oxidation sites excluding steroid dienone is 3. The third kappa shape index (κ3) is 2.23. The Morgan fingerprint density at radius 3 is 2.88 bits per heavy atom. The first-order valence-corrected chi connectivity index (χ1v) is 5.56. The van der Waals surface area contributed by atoms with Crippen LogP contribution in [0.1, 0.15) is 33.1 Å². The lowest BCUT2D eigenvalue weighted by molar-refractivity contribution is -0.159. The maximum atomic E-state index is 12.0. The van der Waals surface area contributed by atoms with Gasteiger partial charge in [-0.05, 0) is 39.2 Å². The number of carbonyl (C=O) groups is 2. The molecule has 0 heterocycles. The van der Waals surface area contributed by atoms with E-state index in [4.69, 9.17) is 4.74 Å². The van der Waals surface area contributed by atoms with Crippen molar-refractivity contribution in [2.24, 2.45) is 5.41 Å². The molecule has 1 atom stereocenters. The topological polar surface area (TPSA) is 43.4 Å². The van der Waals surface area contributed by atoms with Gasteiger partial charge in [0.2, 0.25) is 0 Å². The monoisotopic (exact) mass is 222 g/mol. The van der Waals surface area contributed by atoms with Gasteiger partial charge in [0.05, 0.1) is 6.61 Å². The fourth-order valence-electron chi connectivity index (χ4n) is 1.97. The molecule has 0 saturated heterocycles. The maximum Gasteiger partial charge on any atom is 0.320 e. The highest BCUT2D eigenvalue weighted by Crippen LogP contribution is 2.37. The van der Waals surface area contributed by atoms with Crippen molar-refractivity contribution in [2.75, 3.05) is 6.61 Å². The Hall–Kier alpha value is -1.38. The molecule has 0 fully saturated rings.